The molecule has 0 heterocycles. The third-order valence-electron chi connectivity index (χ3n) is 2.19. The predicted molar refractivity (Wildman–Crippen MR) is 65.2 cm³/mol. The smallest absolute Gasteiger partial charge is 0.335 e. The van der Waals surface area contributed by atoms with Gasteiger partial charge in [0.25, 0.3) is 0 Å². The minimum absolute atomic E-state index is 0.00200. The molecule has 0 saturated carbocycles. The third kappa shape index (κ3) is 4.55. The zero-order valence-electron chi connectivity index (χ0n) is 9.69. The van der Waals surface area contributed by atoms with E-state index in [-0.39, 0.29) is 11.5 Å². The van der Waals surface area contributed by atoms with Crippen LogP contribution in [0.5, 0.6) is 0 Å². The Morgan fingerprint density at radius 1 is 1.24 bits per heavy atom. The van der Waals surface area contributed by atoms with E-state index in [1.807, 2.05) is 6.92 Å². The van der Waals surface area contributed by atoms with Crippen LogP contribution in [0.15, 0.2) is 24.3 Å². The third-order valence-corrected chi connectivity index (χ3v) is 2.19. The number of amides is 1. The van der Waals surface area contributed by atoms with E-state index in [1.54, 1.807) is 12.1 Å². The second kappa shape index (κ2) is 6.52. The number of hydrogen-bond donors (Lipinski definition) is 3. The zero-order chi connectivity index (χ0) is 12.7. The first-order valence-electron chi connectivity index (χ1n) is 5.47. The van der Waals surface area contributed by atoms with E-state index in [4.69, 9.17) is 5.11 Å². The Balaban J connectivity index is 2.37. The molecule has 0 aromatic heterocycles. The number of carboxylic acids is 1. The molecular formula is C12H16N2O3. The molecule has 1 rings (SSSR count). The Morgan fingerprint density at radius 3 is 2.41 bits per heavy atom. The Labute approximate surface area is 99.8 Å². The first kappa shape index (κ1) is 13.0. The molecule has 92 valence electrons. The van der Waals surface area contributed by atoms with Crippen LogP contribution < -0.4 is 10.6 Å². The van der Waals surface area contributed by atoms with Crippen LogP contribution in [0.4, 0.5) is 5.69 Å². The minimum Gasteiger partial charge on any atom is -0.478 e. The molecule has 1 aromatic rings. The fourth-order valence-electron chi connectivity index (χ4n) is 1.34. The van der Waals surface area contributed by atoms with Gasteiger partial charge in [0, 0.05) is 25.2 Å². The zero-order valence-corrected chi connectivity index (χ0v) is 9.69. The predicted octanol–water partition coefficient (Wildman–Crippen LogP) is 1.32. The van der Waals surface area contributed by atoms with Gasteiger partial charge in [-0.2, -0.15) is 0 Å². The summed E-state index contributed by atoms with van der Waals surface area (Å²) >= 11 is 0. The normalized spacial score (nSPS) is 9.71. The monoisotopic (exact) mass is 236 g/mol. The van der Waals surface area contributed by atoms with Crippen molar-refractivity contribution < 1.29 is 14.7 Å². The summed E-state index contributed by atoms with van der Waals surface area (Å²) in [7, 11) is 0. The lowest BCUT2D eigenvalue weighted by molar-refractivity contribution is -0.120. The molecule has 0 unspecified atom stereocenters. The number of carbonyl (C=O) groups excluding carboxylic acids is 1. The number of carboxylic acid groups (broad SMARTS) is 1. The average molecular weight is 236 g/mol. The molecule has 0 aliphatic heterocycles. The molecule has 0 aliphatic rings. The first-order chi connectivity index (χ1) is 8.13. The van der Waals surface area contributed by atoms with Gasteiger partial charge in [0.15, 0.2) is 0 Å². The lowest BCUT2D eigenvalue weighted by Crippen LogP contribution is -2.24. The van der Waals surface area contributed by atoms with Crippen LogP contribution in [0.1, 0.15) is 23.7 Å². The highest BCUT2D eigenvalue weighted by Gasteiger charge is 2.02. The van der Waals surface area contributed by atoms with Crippen molar-refractivity contribution in [1.29, 1.82) is 0 Å². The SMILES string of the molecule is CCNC(=O)CCNc1ccc(C(=O)O)cc1. The van der Waals surface area contributed by atoms with Crippen LogP contribution in [0.2, 0.25) is 0 Å². The van der Waals surface area contributed by atoms with E-state index in [9.17, 15) is 9.59 Å². The van der Waals surface area contributed by atoms with Gasteiger partial charge in [-0.3, -0.25) is 4.79 Å². The van der Waals surface area contributed by atoms with Crippen LogP contribution in [0.3, 0.4) is 0 Å². The molecule has 17 heavy (non-hydrogen) atoms. The molecule has 0 spiro atoms. The van der Waals surface area contributed by atoms with Crippen molar-refractivity contribution >= 4 is 17.6 Å². The van der Waals surface area contributed by atoms with E-state index in [0.29, 0.717) is 19.5 Å². The van der Waals surface area contributed by atoms with Crippen molar-refractivity contribution in [2.75, 3.05) is 18.4 Å². The summed E-state index contributed by atoms with van der Waals surface area (Å²) in [6.45, 7) is 3.03. The molecule has 5 heteroatoms. The number of nitrogens with one attached hydrogen (secondary N) is 2. The van der Waals surface area contributed by atoms with Crippen molar-refractivity contribution in [2.45, 2.75) is 13.3 Å². The highest BCUT2D eigenvalue weighted by molar-refractivity contribution is 5.88. The largest absolute Gasteiger partial charge is 0.478 e. The summed E-state index contributed by atoms with van der Waals surface area (Å²) in [6, 6.07) is 6.41. The molecule has 0 aliphatic carbocycles. The van der Waals surface area contributed by atoms with Crippen molar-refractivity contribution in [3.05, 3.63) is 29.8 Å². The van der Waals surface area contributed by atoms with E-state index in [0.717, 1.165) is 5.69 Å². The average Bonchev–Trinajstić information content (AvgIpc) is 2.30. The summed E-state index contributed by atoms with van der Waals surface area (Å²) in [5.74, 6) is -0.943. The van der Waals surface area contributed by atoms with Gasteiger partial charge in [-0.25, -0.2) is 4.79 Å². The maximum absolute atomic E-state index is 11.1. The summed E-state index contributed by atoms with van der Waals surface area (Å²) in [5, 5.41) is 14.5. The summed E-state index contributed by atoms with van der Waals surface area (Å²) in [6.07, 6.45) is 0.397. The Kier molecular flexibility index (Phi) is 5.00. The Bertz CT molecular complexity index is 387. The maximum Gasteiger partial charge on any atom is 0.335 e. The number of carbonyl (C=O) groups is 2. The molecule has 1 aromatic carbocycles. The van der Waals surface area contributed by atoms with Gasteiger partial charge in [-0.05, 0) is 31.2 Å². The van der Waals surface area contributed by atoms with Gasteiger partial charge in [-0.1, -0.05) is 0 Å². The highest BCUT2D eigenvalue weighted by Crippen LogP contribution is 2.09. The number of benzene rings is 1. The molecule has 0 radical (unpaired) electrons. The molecular weight excluding hydrogens is 220 g/mol. The van der Waals surface area contributed by atoms with Crippen molar-refractivity contribution in [3.8, 4) is 0 Å². The Hall–Kier alpha value is -2.04. The number of hydrogen-bond acceptors (Lipinski definition) is 3. The van der Waals surface area contributed by atoms with E-state index >= 15 is 0 Å². The minimum atomic E-state index is -0.945. The number of anilines is 1. The second-order valence-corrected chi connectivity index (χ2v) is 3.51. The quantitative estimate of drug-likeness (QED) is 0.696. The van der Waals surface area contributed by atoms with Crippen LogP contribution in [-0.2, 0) is 4.79 Å². The van der Waals surface area contributed by atoms with Crippen LogP contribution in [0, 0.1) is 0 Å². The molecule has 5 nitrogen and oxygen atoms in total. The lowest BCUT2D eigenvalue weighted by atomic mass is 10.2. The van der Waals surface area contributed by atoms with Crippen molar-refractivity contribution in [1.82, 2.24) is 5.32 Å². The van der Waals surface area contributed by atoms with Gasteiger partial charge >= 0.3 is 5.97 Å². The van der Waals surface area contributed by atoms with Gasteiger partial charge in [0.05, 0.1) is 5.56 Å². The van der Waals surface area contributed by atoms with Gasteiger partial charge in [0.1, 0.15) is 0 Å². The maximum atomic E-state index is 11.1. The molecule has 0 saturated heterocycles. The fourth-order valence-corrected chi connectivity index (χ4v) is 1.34. The molecule has 0 bridgehead atoms. The van der Waals surface area contributed by atoms with Crippen molar-refractivity contribution in [3.63, 3.8) is 0 Å². The summed E-state index contributed by atoms with van der Waals surface area (Å²) in [5.41, 5.74) is 1.05. The molecule has 0 fully saturated rings. The number of aromatic carboxylic acids is 1. The first-order valence-corrected chi connectivity index (χ1v) is 5.47. The van der Waals surface area contributed by atoms with Crippen molar-refractivity contribution in [2.24, 2.45) is 0 Å². The fraction of sp³-hybridized carbons (Fsp3) is 0.333. The second-order valence-electron chi connectivity index (χ2n) is 3.51. The summed E-state index contributed by atoms with van der Waals surface area (Å²) in [4.78, 5) is 21.8. The standard InChI is InChI=1S/C12H16N2O3/c1-2-13-11(15)7-8-14-10-5-3-9(4-6-10)12(16)17/h3-6,14H,2,7-8H2,1H3,(H,13,15)(H,16,17). The highest BCUT2D eigenvalue weighted by atomic mass is 16.4. The van der Waals surface area contributed by atoms with Crippen LogP contribution in [0.25, 0.3) is 0 Å². The summed E-state index contributed by atoms with van der Waals surface area (Å²) < 4.78 is 0. The van der Waals surface area contributed by atoms with Crippen LogP contribution in [-0.4, -0.2) is 30.1 Å². The van der Waals surface area contributed by atoms with E-state index in [2.05, 4.69) is 10.6 Å². The number of rotatable bonds is 6. The van der Waals surface area contributed by atoms with E-state index < -0.39 is 5.97 Å². The molecule has 0 atom stereocenters. The Morgan fingerprint density at radius 2 is 1.88 bits per heavy atom. The van der Waals surface area contributed by atoms with E-state index in [1.165, 1.54) is 12.1 Å². The van der Waals surface area contributed by atoms with Gasteiger partial charge in [0.2, 0.25) is 5.91 Å². The molecule has 3 N–H and O–H groups in total. The topological polar surface area (TPSA) is 78.4 Å². The van der Waals surface area contributed by atoms with Crippen LogP contribution >= 0.6 is 0 Å². The van der Waals surface area contributed by atoms with Gasteiger partial charge < -0.3 is 15.7 Å². The van der Waals surface area contributed by atoms with Gasteiger partial charge in [-0.15, -0.1) is 0 Å². The molecule has 1 amide bonds. The lowest BCUT2D eigenvalue weighted by Gasteiger charge is -2.06.